The number of benzene rings is 2. The lowest BCUT2D eigenvalue weighted by atomic mass is 10.2. The van der Waals surface area contributed by atoms with E-state index in [9.17, 15) is 21.6 Å². The van der Waals surface area contributed by atoms with Crippen LogP contribution in [0.5, 0.6) is 0 Å². The molecule has 0 spiro atoms. The number of carbonyl (C=O) groups is 1. The second kappa shape index (κ2) is 7.90. The summed E-state index contributed by atoms with van der Waals surface area (Å²) < 4.78 is 54.3. The lowest BCUT2D eigenvalue weighted by molar-refractivity contribution is 0.0696. The fraction of sp³-hybridized carbons (Fsp3) is 0.278. The third kappa shape index (κ3) is 4.34. The highest BCUT2D eigenvalue weighted by atomic mass is 32.2. The molecule has 150 valence electrons. The number of hydrogen-bond donors (Lipinski definition) is 2. The minimum atomic E-state index is -3.99. The summed E-state index contributed by atoms with van der Waals surface area (Å²) in [5.41, 5.74) is 0.0777. The first-order valence-electron chi connectivity index (χ1n) is 8.66. The zero-order valence-corrected chi connectivity index (χ0v) is 16.5. The molecule has 1 aliphatic rings. The van der Waals surface area contributed by atoms with Crippen LogP contribution in [0.2, 0.25) is 0 Å². The molecule has 1 fully saturated rings. The van der Waals surface area contributed by atoms with Crippen molar-refractivity contribution in [2.24, 2.45) is 0 Å². The van der Waals surface area contributed by atoms with Crippen LogP contribution in [0.1, 0.15) is 29.6 Å². The number of hydrogen-bond acceptors (Lipinski definition) is 5. The summed E-state index contributed by atoms with van der Waals surface area (Å²) in [6.07, 6.45) is 2.60. The third-order valence-corrected chi connectivity index (χ3v) is 7.74. The lowest BCUT2D eigenvalue weighted by Gasteiger charge is -2.26. The van der Waals surface area contributed by atoms with Gasteiger partial charge in [0, 0.05) is 13.1 Å². The molecule has 0 amide bonds. The lowest BCUT2D eigenvalue weighted by Crippen LogP contribution is -2.35. The summed E-state index contributed by atoms with van der Waals surface area (Å²) in [5, 5.41) is 8.90. The number of nitrogens with one attached hydrogen (secondary N) is 1. The normalized spacial score (nSPS) is 15.9. The standard InChI is InChI=1S/C18H20N2O6S2/c21-18(22)14-7-9-16(10-8-14)27(23,24)19-15-5-4-6-17(13-15)28(25,26)20-11-2-1-3-12-20/h4-10,13,19H,1-3,11-12H2,(H,21,22). The first kappa shape index (κ1) is 20.3. The van der Waals surface area contributed by atoms with Crippen LogP contribution in [0, 0.1) is 0 Å². The Morgan fingerprint density at radius 1 is 0.893 bits per heavy atom. The average molecular weight is 425 g/mol. The molecule has 0 aromatic heterocycles. The Morgan fingerprint density at radius 2 is 1.54 bits per heavy atom. The van der Waals surface area contributed by atoms with Gasteiger partial charge in [-0.3, -0.25) is 4.72 Å². The molecule has 8 nitrogen and oxygen atoms in total. The zero-order valence-electron chi connectivity index (χ0n) is 14.9. The van der Waals surface area contributed by atoms with Crippen molar-refractivity contribution in [2.45, 2.75) is 29.1 Å². The Balaban J connectivity index is 1.84. The van der Waals surface area contributed by atoms with Gasteiger partial charge in [0.1, 0.15) is 0 Å². The van der Waals surface area contributed by atoms with Crippen molar-refractivity contribution in [3.63, 3.8) is 0 Å². The van der Waals surface area contributed by atoms with E-state index in [4.69, 9.17) is 5.11 Å². The summed E-state index contributed by atoms with van der Waals surface area (Å²) in [4.78, 5) is 10.8. The topological polar surface area (TPSA) is 121 Å². The molecule has 1 saturated heterocycles. The van der Waals surface area contributed by atoms with Crippen LogP contribution in [0.3, 0.4) is 0 Å². The smallest absolute Gasteiger partial charge is 0.335 e. The van der Waals surface area contributed by atoms with Gasteiger partial charge in [-0.25, -0.2) is 21.6 Å². The van der Waals surface area contributed by atoms with E-state index in [-0.39, 0.29) is 21.0 Å². The number of piperidine rings is 1. The van der Waals surface area contributed by atoms with E-state index in [1.54, 1.807) is 0 Å². The number of carboxylic acids is 1. The van der Waals surface area contributed by atoms with Gasteiger partial charge in [-0.05, 0) is 55.3 Å². The number of rotatable bonds is 6. The van der Waals surface area contributed by atoms with Crippen LogP contribution >= 0.6 is 0 Å². The number of nitrogens with zero attached hydrogens (tertiary/aromatic N) is 1. The highest BCUT2D eigenvalue weighted by molar-refractivity contribution is 7.92. The monoisotopic (exact) mass is 424 g/mol. The maximum atomic E-state index is 12.8. The Kier molecular flexibility index (Phi) is 5.73. The molecule has 28 heavy (non-hydrogen) atoms. The van der Waals surface area contributed by atoms with Gasteiger partial charge < -0.3 is 5.11 Å². The maximum absolute atomic E-state index is 12.8. The van der Waals surface area contributed by atoms with Crippen LogP contribution < -0.4 is 4.72 Å². The summed E-state index contributed by atoms with van der Waals surface area (Å²) in [7, 11) is -7.68. The van der Waals surface area contributed by atoms with E-state index in [2.05, 4.69) is 4.72 Å². The molecule has 1 aliphatic heterocycles. The van der Waals surface area contributed by atoms with Crippen molar-refractivity contribution < 1.29 is 26.7 Å². The molecule has 0 radical (unpaired) electrons. The van der Waals surface area contributed by atoms with E-state index in [0.29, 0.717) is 13.1 Å². The van der Waals surface area contributed by atoms with Crippen molar-refractivity contribution in [1.29, 1.82) is 0 Å². The van der Waals surface area contributed by atoms with E-state index in [0.717, 1.165) is 19.3 Å². The largest absolute Gasteiger partial charge is 0.478 e. The maximum Gasteiger partial charge on any atom is 0.335 e. The Labute approximate surface area is 163 Å². The molecule has 10 heteroatoms. The number of aromatic carboxylic acids is 1. The minimum absolute atomic E-state index is 0.0239. The molecule has 2 N–H and O–H groups in total. The van der Waals surface area contributed by atoms with Crippen molar-refractivity contribution >= 4 is 31.7 Å². The van der Waals surface area contributed by atoms with Crippen LogP contribution in [0.15, 0.2) is 58.3 Å². The third-order valence-electron chi connectivity index (χ3n) is 4.45. The molecule has 0 atom stereocenters. The van der Waals surface area contributed by atoms with Gasteiger partial charge in [0.25, 0.3) is 10.0 Å². The van der Waals surface area contributed by atoms with Gasteiger partial charge in [0.05, 0.1) is 21.0 Å². The SMILES string of the molecule is O=C(O)c1ccc(S(=O)(=O)Nc2cccc(S(=O)(=O)N3CCCCC3)c2)cc1. The van der Waals surface area contributed by atoms with Gasteiger partial charge in [-0.1, -0.05) is 12.5 Å². The van der Waals surface area contributed by atoms with E-state index in [1.807, 2.05) is 0 Å². The van der Waals surface area contributed by atoms with E-state index in [1.165, 1.54) is 52.8 Å². The average Bonchev–Trinajstić information content (AvgIpc) is 2.68. The predicted molar refractivity (Wildman–Crippen MR) is 103 cm³/mol. The Morgan fingerprint density at radius 3 is 2.14 bits per heavy atom. The summed E-state index contributed by atoms with van der Waals surface area (Å²) in [6, 6.07) is 10.4. The minimum Gasteiger partial charge on any atom is -0.478 e. The second-order valence-electron chi connectivity index (χ2n) is 6.43. The molecule has 1 heterocycles. The van der Waals surface area contributed by atoms with Crippen molar-refractivity contribution in [2.75, 3.05) is 17.8 Å². The molecule has 3 rings (SSSR count). The van der Waals surface area contributed by atoms with Crippen molar-refractivity contribution in [1.82, 2.24) is 4.31 Å². The summed E-state index contributed by atoms with van der Waals surface area (Å²) in [6.45, 7) is 0.905. The number of carboxylic acid groups (broad SMARTS) is 1. The summed E-state index contributed by atoms with van der Waals surface area (Å²) in [5.74, 6) is -1.16. The molecule has 2 aromatic carbocycles. The highest BCUT2D eigenvalue weighted by Crippen LogP contribution is 2.24. The Bertz CT molecular complexity index is 1070. The fourth-order valence-electron chi connectivity index (χ4n) is 2.97. The number of sulfonamides is 2. The Hall–Kier alpha value is -2.43. The van der Waals surface area contributed by atoms with Gasteiger partial charge >= 0.3 is 5.97 Å². The van der Waals surface area contributed by atoms with Gasteiger partial charge in [0.15, 0.2) is 0 Å². The van der Waals surface area contributed by atoms with Crippen LogP contribution in [-0.4, -0.2) is 45.3 Å². The van der Waals surface area contributed by atoms with Gasteiger partial charge in [0.2, 0.25) is 10.0 Å². The van der Waals surface area contributed by atoms with Gasteiger partial charge in [-0.2, -0.15) is 4.31 Å². The molecule has 0 saturated carbocycles. The highest BCUT2D eigenvalue weighted by Gasteiger charge is 2.26. The van der Waals surface area contributed by atoms with E-state index >= 15 is 0 Å². The van der Waals surface area contributed by atoms with Crippen LogP contribution in [-0.2, 0) is 20.0 Å². The van der Waals surface area contributed by atoms with Crippen molar-refractivity contribution in [3.05, 3.63) is 54.1 Å². The van der Waals surface area contributed by atoms with E-state index < -0.39 is 26.0 Å². The molecule has 0 unspecified atom stereocenters. The van der Waals surface area contributed by atoms with Crippen LogP contribution in [0.4, 0.5) is 5.69 Å². The number of anilines is 1. The molecular weight excluding hydrogens is 404 g/mol. The first-order chi connectivity index (χ1) is 13.2. The molecule has 0 bridgehead atoms. The predicted octanol–water partition coefficient (Wildman–Crippen LogP) is 2.36. The molecule has 2 aromatic rings. The molecule has 0 aliphatic carbocycles. The second-order valence-corrected chi connectivity index (χ2v) is 10.0. The van der Waals surface area contributed by atoms with Crippen LogP contribution in [0.25, 0.3) is 0 Å². The molecular formula is C18H20N2O6S2. The fourth-order valence-corrected chi connectivity index (χ4v) is 5.58. The van der Waals surface area contributed by atoms with Crippen molar-refractivity contribution in [3.8, 4) is 0 Å². The summed E-state index contributed by atoms with van der Waals surface area (Å²) >= 11 is 0. The zero-order chi connectivity index (χ0) is 20.4. The van der Waals surface area contributed by atoms with Gasteiger partial charge in [-0.15, -0.1) is 0 Å². The quantitative estimate of drug-likeness (QED) is 0.734. The first-order valence-corrected chi connectivity index (χ1v) is 11.6.